The Morgan fingerprint density at radius 3 is 2.62 bits per heavy atom. The molecule has 0 unspecified atom stereocenters. The third-order valence-corrected chi connectivity index (χ3v) is 6.07. The first-order chi connectivity index (χ1) is 14.2. The van der Waals surface area contributed by atoms with E-state index in [1.165, 1.54) is 31.2 Å². The molecule has 7 heteroatoms. The molecule has 0 amide bonds. The van der Waals surface area contributed by atoms with Gasteiger partial charge in [0.25, 0.3) is 0 Å². The predicted octanol–water partition coefficient (Wildman–Crippen LogP) is 3.19. The zero-order chi connectivity index (χ0) is 19.6. The summed E-state index contributed by atoms with van der Waals surface area (Å²) in [6.07, 6.45) is 5.13. The Bertz CT molecular complexity index is 860. The van der Waals surface area contributed by atoms with E-state index in [-0.39, 0.29) is 0 Å². The maximum atomic E-state index is 5.50. The third kappa shape index (κ3) is 4.24. The molecule has 1 saturated heterocycles. The van der Waals surface area contributed by atoms with Crippen LogP contribution in [0, 0.1) is 6.92 Å². The van der Waals surface area contributed by atoms with E-state index in [1.54, 1.807) is 0 Å². The molecule has 0 bridgehead atoms. The number of hydrogen-bond acceptors (Lipinski definition) is 7. The number of hydrogen-bond donors (Lipinski definition) is 1. The molecule has 1 N–H and O–H groups in total. The van der Waals surface area contributed by atoms with Gasteiger partial charge in [-0.2, -0.15) is 0 Å². The average molecular weight is 396 g/mol. The number of ether oxygens (including phenoxy) is 2. The number of piperazine rings is 1. The Kier molecular flexibility index (Phi) is 5.14. The van der Waals surface area contributed by atoms with Gasteiger partial charge in [0.1, 0.15) is 17.5 Å². The van der Waals surface area contributed by atoms with Crippen LogP contribution in [0.2, 0.25) is 0 Å². The smallest absolute Gasteiger partial charge is 0.231 e. The molecule has 5 rings (SSSR count). The number of fused-ring (bicyclic) bond motifs is 1. The second kappa shape index (κ2) is 8.06. The molecular formula is C22H29N5O2. The molecular weight excluding hydrogens is 366 g/mol. The van der Waals surface area contributed by atoms with E-state index in [2.05, 4.69) is 38.3 Å². The zero-order valence-corrected chi connectivity index (χ0v) is 17.1. The number of aryl methyl sites for hydroxylation is 1. The van der Waals surface area contributed by atoms with Gasteiger partial charge in [-0.3, -0.25) is 4.90 Å². The lowest BCUT2D eigenvalue weighted by Crippen LogP contribution is -2.46. The molecule has 2 aliphatic heterocycles. The summed E-state index contributed by atoms with van der Waals surface area (Å²) in [5.74, 6) is 4.56. The van der Waals surface area contributed by atoms with Gasteiger partial charge in [-0.05, 0) is 37.5 Å². The van der Waals surface area contributed by atoms with Crippen molar-refractivity contribution >= 4 is 11.6 Å². The topological polar surface area (TPSA) is 62.8 Å². The highest BCUT2D eigenvalue weighted by atomic mass is 16.7. The molecule has 2 aromatic rings. The first-order valence-electron chi connectivity index (χ1n) is 10.7. The summed E-state index contributed by atoms with van der Waals surface area (Å²) >= 11 is 0. The summed E-state index contributed by atoms with van der Waals surface area (Å²) < 4.78 is 10.9. The van der Waals surface area contributed by atoms with Crippen LogP contribution in [0.5, 0.6) is 11.5 Å². The average Bonchev–Trinajstić information content (AvgIpc) is 3.39. The van der Waals surface area contributed by atoms with Crippen LogP contribution in [0.15, 0.2) is 24.3 Å². The number of anilines is 2. The molecule has 1 saturated carbocycles. The molecule has 3 aliphatic rings. The van der Waals surface area contributed by atoms with Crippen molar-refractivity contribution in [1.82, 2.24) is 14.9 Å². The summed E-state index contributed by atoms with van der Waals surface area (Å²) in [6.45, 7) is 7.23. The quantitative estimate of drug-likeness (QED) is 0.834. The van der Waals surface area contributed by atoms with E-state index < -0.39 is 0 Å². The number of nitrogens with zero attached hydrogens (tertiary/aromatic N) is 4. The Morgan fingerprint density at radius 2 is 1.79 bits per heavy atom. The molecule has 2 fully saturated rings. The maximum Gasteiger partial charge on any atom is 0.231 e. The van der Waals surface area contributed by atoms with Crippen LogP contribution in [-0.2, 0) is 6.54 Å². The lowest BCUT2D eigenvalue weighted by Gasteiger charge is -2.35. The van der Waals surface area contributed by atoms with Crippen LogP contribution in [0.3, 0.4) is 0 Å². The van der Waals surface area contributed by atoms with E-state index in [4.69, 9.17) is 14.5 Å². The highest BCUT2D eigenvalue weighted by Gasteiger charge is 2.21. The van der Waals surface area contributed by atoms with Gasteiger partial charge in [0.15, 0.2) is 11.5 Å². The zero-order valence-electron chi connectivity index (χ0n) is 17.1. The van der Waals surface area contributed by atoms with Gasteiger partial charge in [-0.1, -0.05) is 18.9 Å². The molecule has 0 spiro atoms. The molecule has 3 heterocycles. The second-order valence-corrected chi connectivity index (χ2v) is 8.24. The standard InChI is InChI=1S/C22H29N5O2/c1-16-23-21(25-18-4-2-3-5-18)13-22(24-16)27-10-8-26(9-11-27)14-17-6-7-19-20(12-17)29-15-28-19/h6-7,12-13,18H,2-5,8-11,14-15H2,1H3,(H,23,24,25). The van der Waals surface area contributed by atoms with E-state index >= 15 is 0 Å². The van der Waals surface area contributed by atoms with Crippen molar-refractivity contribution in [2.24, 2.45) is 0 Å². The van der Waals surface area contributed by atoms with Crippen molar-refractivity contribution in [2.45, 2.75) is 45.2 Å². The van der Waals surface area contributed by atoms with Crippen molar-refractivity contribution in [3.8, 4) is 11.5 Å². The fraction of sp³-hybridized carbons (Fsp3) is 0.545. The largest absolute Gasteiger partial charge is 0.454 e. The molecule has 0 atom stereocenters. The molecule has 1 aliphatic carbocycles. The Labute approximate surface area is 172 Å². The molecule has 7 nitrogen and oxygen atoms in total. The minimum absolute atomic E-state index is 0.327. The SMILES string of the molecule is Cc1nc(NC2CCCC2)cc(N2CCN(Cc3ccc4c(c3)OCO4)CC2)n1. The van der Waals surface area contributed by atoms with Gasteiger partial charge in [-0.25, -0.2) is 9.97 Å². The number of aromatic nitrogens is 2. The lowest BCUT2D eigenvalue weighted by atomic mass is 10.1. The number of nitrogens with one attached hydrogen (secondary N) is 1. The van der Waals surface area contributed by atoms with E-state index in [0.717, 1.165) is 61.7 Å². The van der Waals surface area contributed by atoms with Gasteiger partial charge < -0.3 is 19.7 Å². The monoisotopic (exact) mass is 395 g/mol. The van der Waals surface area contributed by atoms with Gasteiger partial charge in [0, 0.05) is 44.8 Å². The molecule has 1 aromatic carbocycles. The normalized spacial score (nSPS) is 19.7. The van der Waals surface area contributed by atoms with E-state index in [9.17, 15) is 0 Å². The number of rotatable bonds is 5. The number of benzene rings is 1. The second-order valence-electron chi connectivity index (χ2n) is 8.24. The van der Waals surface area contributed by atoms with Crippen LogP contribution >= 0.6 is 0 Å². The third-order valence-electron chi connectivity index (χ3n) is 6.07. The van der Waals surface area contributed by atoms with Crippen LogP contribution in [0.4, 0.5) is 11.6 Å². The minimum atomic E-state index is 0.327. The van der Waals surface area contributed by atoms with E-state index in [1.807, 2.05) is 13.0 Å². The van der Waals surface area contributed by atoms with Gasteiger partial charge in [0.05, 0.1) is 0 Å². The van der Waals surface area contributed by atoms with Crippen LogP contribution < -0.4 is 19.7 Å². The highest BCUT2D eigenvalue weighted by Crippen LogP contribution is 2.33. The first-order valence-corrected chi connectivity index (χ1v) is 10.7. The van der Waals surface area contributed by atoms with Crippen molar-refractivity contribution in [3.05, 3.63) is 35.7 Å². The predicted molar refractivity (Wildman–Crippen MR) is 113 cm³/mol. The Morgan fingerprint density at radius 1 is 1.00 bits per heavy atom. The molecule has 1 aromatic heterocycles. The summed E-state index contributed by atoms with van der Waals surface area (Å²) in [7, 11) is 0. The van der Waals surface area contributed by atoms with Crippen LogP contribution in [-0.4, -0.2) is 53.9 Å². The molecule has 0 radical (unpaired) electrons. The lowest BCUT2D eigenvalue weighted by molar-refractivity contribution is 0.174. The Hall–Kier alpha value is -2.54. The van der Waals surface area contributed by atoms with Crippen molar-refractivity contribution in [3.63, 3.8) is 0 Å². The maximum absolute atomic E-state index is 5.50. The minimum Gasteiger partial charge on any atom is -0.454 e. The van der Waals surface area contributed by atoms with Gasteiger partial charge in [0.2, 0.25) is 6.79 Å². The molecule has 29 heavy (non-hydrogen) atoms. The van der Waals surface area contributed by atoms with Crippen molar-refractivity contribution < 1.29 is 9.47 Å². The first kappa shape index (κ1) is 18.5. The van der Waals surface area contributed by atoms with Crippen molar-refractivity contribution in [2.75, 3.05) is 43.2 Å². The van der Waals surface area contributed by atoms with Crippen molar-refractivity contribution in [1.29, 1.82) is 0 Å². The highest BCUT2D eigenvalue weighted by molar-refractivity contribution is 5.50. The fourth-order valence-electron chi connectivity index (χ4n) is 4.50. The summed E-state index contributed by atoms with van der Waals surface area (Å²) in [4.78, 5) is 14.2. The summed E-state index contributed by atoms with van der Waals surface area (Å²) in [5.41, 5.74) is 1.27. The fourth-order valence-corrected chi connectivity index (χ4v) is 4.50. The molecule has 154 valence electrons. The van der Waals surface area contributed by atoms with Gasteiger partial charge >= 0.3 is 0 Å². The summed E-state index contributed by atoms with van der Waals surface area (Å²) in [6, 6.07) is 8.93. The summed E-state index contributed by atoms with van der Waals surface area (Å²) in [5, 5.41) is 3.61. The Balaban J connectivity index is 1.19. The van der Waals surface area contributed by atoms with E-state index in [0.29, 0.717) is 12.8 Å². The van der Waals surface area contributed by atoms with Crippen LogP contribution in [0.25, 0.3) is 0 Å². The van der Waals surface area contributed by atoms with Gasteiger partial charge in [-0.15, -0.1) is 0 Å². The van der Waals surface area contributed by atoms with Crippen LogP contribution in [0.1, 0.15) is 37.1 Å².